The van der Waals surface area contributed by atoms with E-state index < -0.39 is 29.7 Å². The quantitative estimate of drug-likeness (QED) is 0.548. The second kappa shape index (κ2) is 6.13. The maximum atomic E-state index is 11.4. The van der Waals surface area contributed by atoms with Gasteiger partial charge in [0.2, 0.25) is 0 Å². The van der Waals surface area contributed by atoms with E-state index in [-0.39, 0.29) is 19.3 Å². The van der Waals surface area contributed by atoms with Crippen LogP contribution in [-0.4, -0.2) is 33.9 Å². The van der Waals surface area contributed by atoms with Crippen LogP contribution >= 0.6 is 0 Å². The molecule has 0 aromatic rings. The van der Waals surface area contributed by atoms with Crippen molar-refractivity contribution in [2.45, 2.75) is 39.0 Å². The predicted molar refractivity (Wildman–Crippen MR) is 57.8 cm³/mol. The number of aliphatic carboxylic acids is 1. The molecule has 1 aliphatic rings. The van der Waals surface area contributed by atoms with Gasteiger partial charge in [0.05, 0.1) is 0 Å². The highest BCUT2D eigenvalue weighted by Gasteiger charge is 2.38. The summed E-state index contributed by atoms with van der Waals surface area (Å²) in [4.78, 5) is 48.9. The van der Waals surface area contributed by atoms with Crippen molar-refractivity contribution >= 4 is 23.8 Å². The first-order valence-corrected chi connectivity index (χ1v) is 5.71. The summed E-state index contributed by atoms with van der Waals surface area (Å²) in [7, 11) is 0. The molecule has 1 unspecified atom stereocenters. The molecule has 0 spiro atoms. The average molecular weight is 257 g/mol. The van der Waals surface area contributed by atoms with E-state index in [0.717, 1.165) is 0 Å². The number of hydrogen-bond acceptors (Lipinski definition) is 5. The first-order valence-electron chi connectivity index (χ1n) is 5.71. The molecule has 1 fully saturated rings. The van der Waals surface area contributed by atoms with E-state index in [4.69, 9.17) is 5.11 Å². The van der Waals surface area contributed by atoms with Crippen LogP contribution in [0.1, 0.15) is 39.0 Å². The van der Waals surface area contributed by atoms with Crippen molar-refractivity contribution in [2.75, 3.05) is 0 Å². The normalized spacial score (nSPS) is 19.2. The minimum absolute atomic E-state index is 0.0152. The summed E-state index contributed by atoms with van der Waals surface area (Å²) in [6, 6.07) is 0. The summed E-state index contributed by atoms with van der Waals surface area (Å²) in [6.07, 6.45) is 0.704. The number of hydrogen-bond donors (Lipinski definition) is 1. The number of imide groups is 1. The fourth-order valence-corrected chi connectivity index (χ4v) is 1.54. The largest absolute Gasteiger partial charge is 0.481 e. The van der Waals surface area contributed by atoms with Crippen molar-refractivity contribution in [3.63, 3.8) is 0 Å². The van der Waals surface area contributed by atoms with E-state index in [1.165, 1.54) is 0 Å². The third-order valence-corrected chi connectivity index (χ3v) is 2.54. The number of hydroxylamine groups is 2. The Hall–Kier alpha value is -1.92. The van der Waals surface area contributed by atoms with Crippen LogP contribution in [0.3, 0.4) is 0 Å². The molecule has 7 heteroatoms. The molecule has 0 aromatic heterocycles. The van der Waals surface area contributed by atoms with Gasteiger partial charge in [-0.3, -0.25) is 14.4 Å². The van der Waals surface area contributed by atoms with Gasteiger partial charge in [0.15, 0.2) is 0 Å². The lowest BCUT2D eigenvalue weighted by Crippen LogP contribution is -2.33. The Morgan fingerprint density at radius 2 is 1.94 bits per heavy atom. The van der Waals surface area contributed by atoms with Crippen LogP contribution < -0.4 is 0 Å². The van der Waals surface area contributed by atoms with Gasteiger partial charge in [0, 0.05) is 25.2 Å². The number of nitrogens with zero attached hydrogens (tertiary/aromatic N) is 1. The predicted octanol–water partition coefficient (Wildman–Crippen LogP) is 0.485. The van der Waals surface area contributed by atoms with Crippen LogP contribution in [0, 0.1) is 5.92 Å². The van der Waals surface area contributed by atoms with Crippen LogP contribution in [0.4, 0.5) is 0 Å². The highest BCUT2D eigenvalue weighted by Crippen LogP contribution is 2.19. The number of amides is 2. The Morgan fingerprint density at radius 3 is 2.44 bits per heavy atom. The molecule has 0 saturated carbocycles. The number of carbonyl (C=O) groups excluding carboxylic acids is 3. The zero-order valence-electron chi connectivity index (χ0n) is 10.0. The van der Waals surface area contributed by atoms with E-state index in [2.05, 4.69) is 4.84 Å². The molecule has 100 valence electrons. The van der Waals surface area contributed by atoms with Gasteiger partial charge in [-0.05, 0) is 12.8 Å². The molecule has 1 atom stereocenters. The van der Waals surface area contributed by atoms with E-state index >= 15 is 0 Å². The zero-order chi connectivity index (χ0) is 13.7. The Labute approximate surface area is 104 Å². The van der Waals surface area contributed by atoms with Crippen LogP contribution in [-0.2, 0) is 24.0 Å². The fourth-order valence-electron chi connectivity index (χ4n) is 1.54. The Bertz CT molecular complexity index is 378. The number of carbonyl (C=O) groups is 4. The van der Waals surface area contributed by atoms with E-state index in [0.29, 0.717) is 17.9 Å². The molecule has 0 radical (unpaired) electrons. The van der Waals surface area contributed by atoms with E-state index in [1.54, 1.807) is 6.92 Å². The highest BCUT2D eigenvalue weighted by atomic mass is 16.7. The molecule has 7 nitrogen and oxygen atoms in total. The Balaban J connectivity index is 2.30. The molecule has 0 aromatic carbocycles. The van der Waals surface area contributed by atoms with Gasteiger partial charge in [-0.25, -0.2) is 4.79 Å². The van der Waals surface area contributed by atoms with Gasteiger partial charge in [-0.2, -0.15) is 0 Å². The second-order valence-electron chi connectivity index (χ2n) is 4.20. The van der Waals surface area contributed by atoms with Gasteiger partial charge in [0.1, 0.15) is 0 Å². The van der Waals surface area contributed by atoms with Crippen LogP contribution in [0.15, 0.2) is 0 Å². The third kappa shape index (κ3) is 3.83. The molecule has 1 rings (SSSR count). The summed E-state index contributed by atoms with van der Waals surface area (Å²) in [5.74, 6) is -3.12. The van der Waals surface area contributed by atoms with Crippen molar-refractivity contribution in [1.29, 1.82) is 0 Å². The van der Waals surface area contributed by atoms with Crippen molar-refractivity contribution in [3.05, 3.63) is 0 Å². The third-order valence-electron chi connectivity index (χ3n) is 2.54. The SMILES string of the molecule is CC1CC(=O)N(OC(=O)CCCCC(=O)O)C1=O. The zero-order valence-corrected chi connectivity index (χ0v) is 10.0. The highest BCUT2D eigenvalue weighted by molar-refractivity contribution is 6.02. The average Bonchev–Trinajstić information content (AvgIpc) is 2.51. The van der Waals surface area contributed by atoms with E-state index in [1.807, 2.05) is 0 Å². The topological polar surface area (TPSA) is 101 Å². The van der Waals surface area contributed by atoms with Gasteiger partial charge in [-0.15, -0.1) is 5.06 Å². The molecule has 0 aliphatic carbocycles. The molecular formula is C11H15NO6. The lowest BCUT2D eigenvalue weighted by atomic mass is 10.1. The summed E-state index contributed by atoms with van der Waals surface area (Å²) < 4.78 is 0. The first-order chi connectivity index (χ1) is 8.41. The van der Waals surface area contributed by atoms with Crippen LogP contribution in [0.2, 0.25) is 0 Å². The van der Waals surface area contributed by atoms with E-state index in [9.17, 15) is 19.2 Å². The minimum Gasteiger partial charge on any atom is -0.481 e. The van der Waals surface area contributed by atoms with Crippen molar-refractivity contribution in [1.82, 2.24) is 5.06 Å². The second-order valence-corrected chi connectivity index (χ2v) is 4.20. The molecular weight excluding hydrogens is 242 g/mol. The maximum Gasteiger partial charge on any atom is 0.333 e. The minimum atomic E-state index is -0.929. The molecule has 2 amide bonds. The Morgan fingerprint density at radius 1 is 1.33 bits per heavy atom. The van der Waals surface area contributed by atoms with Crippen molar-refractivity contribution in [3.8, 4) is 0 Å². The maximum absolute atomic E-state index is 11.4. The number of carboxylic acids is 1. The number of unbranched alkanes of at least 4 members (excludes halogenated alkanes) is 1. The van der Waals surface area contributed by atoms with Crippen molar-refractivity contribution in [2.24, 2.45) is 5.92 Å². The number of carboxylic acid groups (broad SMARTS) is 1. The molecule has 1 heterocycles. The summed E-state index contributed by atoms with van der Waals surface area (Å²) >= 11 is 0. The summed E-state index contributed by atoms with van der Waals surface area (Å²) in [5, 5.41) is 8.90. The van der Waals surface area contributed by atoms with Crippen LogP contribution in [0.25, 0.3) is 0 Å². The Kier molecular flexibility index (Phi) is 4.82. The standard InChI is InChI=1S/C11H15NO6/c1-7-6-8(13)12(11(7)17)18-10(16)5-3-2-4-9(14)15/h7H,2-6H2,1H3,(H,14,15). The molecule has 18 heavy (non-hydrogen) atoms. The summed E-state index contributed by atoms with van der Waals surface area (Å²) in [5.41, 5.74) is 0. The molecule has 1 aliphatic heterocycles. The summed E-state index contributed by atoms with van der Waals surface area (Å²) in [6.45, 7) is 1.58. The van der Waals surface area contributed by atoms with Gasteiger partial charge in [0.25, 0.3) is 11.8 Å². The molecule has 0 bridgehead atoms. The van der Waals surface area contributed by atoms with Crippen LogP contribution in [0.5, 0.6) is 0 Å². The van der Waals surface area contributed by atoms with Crippen molar-refractivity contribution < 1.29 is 29.1 Å². The molecule has 1 saturated heterocycles. The van der Waals surface area contributed by atoms with Gasteiger partial charge >= 0.3 is 11.9 Å². The lowest BCUT2D eigenvalue weighted by molar-refractivity contribution is -0.198. The van der Waals surface area contributed by atoms with Gasteiger partial charge in [-0.1, -0.05) is 6.92 Å². The first kappa shape index (κ1) is 14.1. The monoisotopic (exact) mass is 257 g/mol. The fraction of sp³-hybridized carbons (Fsp3) is 0.636. The molecule has 1 N–H and O–H groups in total. The van der Waals surface area contributed by atoms with Gasteiger partial charge < -0.3 is 9.94 Å². The smallest absolute Gasteiger partial charge is 0.333 e. The lowest BCUT2D eigenvalue weighted by Gasteiger charge is -2.12. The number of rotatable bonds is 6.